The minimum absolute atomic E-state index is 0.000184. The van der Waals surface area contributed by atoms with Gasteiger partial charge in [0.25, 0.3) is 5.91 Å². The summed E-state index contributed by atoms with van der Waals surface area (Å²) in [5.74, 6) is -1.84. The maximum absolute atomic E-state index is 14.4. The third kappa shape index (κ3) is 15.2. The molecule has 5 atom stereocenters. The summed E-state index contributed by atoms with van der Waals surface area (Å²) < 4.78 is 61.4. The molecule has 5 aromatic rings. The van der Waals surface area contributed by atoms with Gasteiger partial charge < -0.3 is 59.9 Å². The fourth-order valence-corrected chi connectivity index (χ4v) is 11.0. The largest absolute Gasteiger partial charge is 0.490 e. The molecular formula is C55H72N8O13S2. The highest BCUT2D eigenvalue weighted by atomic mass is 32.2. The van der Waals surface area contributed by atoms with Crippen molar-refractivity contribution in [3.63, 3.8) is 0 Å². The number of fused-ring (bicyclic) bond motifs is 3. The maximum Gasteiger partial charge on any atom is 0.407 e. The van der Waals surface area contributed by atoms with E-state index in [1.54, 1.807) is 82.8 Å². The van der Waals surface area contributed by atoms with Crippen molar-refractivity contribution in [1.29, 1.82) is 0 Å². The number of aromatic nitrogens is 2. The Hall–Kier alpha value is -6.50. The minimum atomic E-state index is -3.84. The lowest BCUT2D eigenvalue weighted by Crippen LogP contribution is -2.59. The number of carbonyl (C=O) groups excluding carboxylic acids is 5. The first-order chi connectivity index (χ1) is 37.1. The molecule has 23 heteroatoms. The first-order valence-electron chi connectivity index (χ1n) is 26.0. The molecule has 2 aliphatic rings. The van der Waals surface area contributed by atoms with E-state index in [9.17, 15) is 32.4 Å². The second-order valence-electron chi connectivity index (χ2n) is 21.1. The van der Waals surface area contributed by atoms with Crippen LogP contribution in [-0.4, -0.2) is 155 Å². The third-order valence-corrected chi connectivity index (χ3v) is 16.6. The van der Waals surface area contributed by atoms with E-state index >= 15 is 0 Å². The lowest BCUT2D eigenvalue weighted by molar-refractivity contribution is -0.145. The van der Waals surface area contributed by atoms with Gasteiger partial charge in [-0.05, 0) is 93.8 Å². The van der Waals surface area contributed by atoms with Gasteiger partial charge in [-0.3, -0.25) is 24.2 Å². The Morgan fingerprint density at radius 3 is 2.21 bits per heavy atom. The fourth-order valence-electron chi connectivity index (χ4n) is 9.07. The van der Waals surface area contributed by atoms with Crippen LogP contribution in [0.1, 0.15) is 78.5 Å². The van der Waals surface area contributed by atoms with Gasteiger partial charge in [-0.1, -0.05) is 45.0 Å². The van der Waals surface area contributed by atoms with Crippen molar-refractivity contribution >= 4 is 83.4 Å². The van der Waals surface area contributed by atoms with Crippen LogP contribution in [0.2, 0.25) is 0 Å². The Bertz CT molecular complexity index is 3030. The van der Waals surface area contributed by atoms with Crippen LogP contribution in [0.25, 0.3) is 21.1 Å². The lowest BCUT2D eigenvalue weighted by atomic mass is 9.85. The van der Waals surface area contributed by atoms with Crippen molar-refractivity contribution in [2.75, 3.05) is 78.4 Å². The molecule has 1 aliphatic carbocycles. The van der Waals surface area contributed by atoms with Crippen LogP contribution in [0.3, 0.4) is 0 Å². The zero-order valence-corrected chi connectivity index (χ0v) is 47.1. The van der Waals surface area contributed by atoms with Gasteiger partial charge in [-0.2, -0.15) is 0 Å². The molecule has 2 aromatic heterocycles. The highest BCUT2D eigenvalue weighted by molar-refractivity contribution is 7.92. The van der Waals surface area contributed by atoms with Gasteiger partial charge >= 0.3 is 6.09 Å². The topological polar surface area (TPSA) is 264 Å². The minimum Gasteiger partial charge on any atom is -0.490 e. The fraction of sp³-hybridized carbons (Fsp3) is 0.509. The molecule has 7 rings (SSSR count). The molecule has 1 saturated heterocycles. The lowest BCUT2D eigenvalue weighted by Gasteiger charge is -2.36. The number of alkyl carbamates (subject to hydrolysis) is 1. The summed E-state index contributed by atoms with van der Waals surface area (Å²) in [5, 5.41) is 15.1. The maximum atomic E-state index is 14.4. The van der Waals surface area contributed by atoms with E-state index in [4.69, 9.17) is 28.4 Å². The number of aryl methyl sites for hydroxylation is 1. The van der Waals surface area contributed by atoms with Gasteiger partial charge in [0.2, 0.25) is 17.7 Å². The third-order valence-electron chi connectivity index (χ3n) is 13.3. The van der Waals surface area contributed by atoms with Crippen molar-refractivity contribution in [2.24, 2.45) is 5.41 Å². The molecule has 78 heavy (non-hydrogen) atoms. The van der Waals surface area contributed by atoms with Crippen LogP contribution in [0, 0.1) is 5.41 Å². The van der Waals surface area contributed by atoms with Gasteiger partial charge in [0.05, 0.1) is 78.3 Å². The van der Waals surface area contributed by atoms with Crippen molar-refractivity contribution in [3.05, 3.63) is 83.5 Å². The highest BCUT2D eigenvalue weighted by Gasteiger charge is 2.46. The number of benzene rings is 3. The first kappa shape index (κ1) is 59.2. The normalized spacial score (nSPS) is 17.3. The number of anilines is 2. The van der Waals surface area contributed by atoms with E-state index in [1.165, 1.54) is 18.9 Å². The molecule has 1 aliphatic heterocycles. The SMILES string of the molecule is CNC(=O)OC(C)C(=O)NC(C(=O)N1C[C@@H](NC(=O)COCCOCCOCCOCCOc2cc3nccc(Nc4ccc5scnc5c4)c3cc2S(=O)(=O)C(C)(C)C)C[C@H]1C(=O)N[C@@H]1CCc2ccccc21)C(C)(C)C. The van der Waals surface area contributed by atoms with E-state index < -0.39 is 68.0 Å². The summed E-state index contributed by atoms with van der Waals surface area (Å²) in [6.45, 7) is 13.0. The first-order valence-corrected chi connectivity index (χ1v) is 28.4. The number of nitrogens with one attached hydrogen (secondary N) is 5. The van der Waals surface area contributed by atoms with Crippen LogP contribution >= 0.6 is 11.3 Å². The Kier molecular flexibility index (Phi) is 20.1. The van der Waals surface area contributed by atoms with E-state index in [-0.39, 0.29) is 95.0 Å². The Morgan fingerprint density at radius 2 is 1.51 bits per heavy atom. The zero-order valence-electron chi connectivity index (χ0n) is 45.5. The molecule has 5 N–H and O–H groups in total. The zero-order chi connectivity index (χ0) is 56.2. The summed E-state index contributed by atoms with van der Waals surface area (Å²) in [6, 6.07) is 15.9. The predicted molar refractivity (Wildman–Crippen MR) is 294 cm³/mol. The van der Waals surface area contributed by atoms with Crippen LogP contribution < -0.4 is 31.3 Å². The molecule has 5 amide bonds. The number of hydrogen-bond acceptors (Lipinski definition) is 17. The van der Waals surface area contributed by atoms with E-state index in [0.717, 1.165) is 33.5 Å². The molecule has 3 heterocycles. The second kappa shape index (κ2) is 26.4. The quantitative estimate of drug-likeness (QED) is 0.0434. The number of nitrogens with zero attached hydrogens (tertiary/aromatic N) is 3. The molecule has 0 spiro atoms. The highest BCUT2D eigenvalue weighted by Crippen LogP contribution is 2.38. The number of ether oxygens (including phenoxy) is 6. The molecule has 3 aromatic carbocycles. The number of rotatable bonds is 25. The van der Waals surface area contributed by atoms with Crippen molar-refractivity contribution in [3.8, 4) is 5.75 Å². The van der Waals surface area contributed by atoms with Crippen molar-refractivity contribution < 1.29 is 60.8 Å². The summed E-state index contributed by atoms with van der Waals surface area (Å²) in [6.07, 6.45) is 1.27. The molecule has 0 saturated carbocycles. The van der Waals surface area contributed by atoms with E-state index in [0.29, 0.717) is 23.0 Å². The number of carbonyl (C=O) groups is 5. The van der Waals surface area contributed by atoms with Crippen LogP contribution in [0.5, 0.6) is 5.75 Å². The Balaban J connectivity index is 0.818. The van der Waals surface area contributed by atoms with Gasteiger partial charge in [0.15, 0.2) is 15.9 Å². The van der Waals surface area contributed by atoms with E-state index in [1.807, 2.05) is 42.5 Å². The average molecular weight is 1120 g/mol. The summed E-state index contributed by atoms with van der Waals surface area (Å²) in [7, 11) is -2.48. The summed E-state index contributed by atoms with van der Waals surface area (Å²) in [4.78, 5) is 77.0. The van der Waals surface area contributed by atoms with Crippen molar-refractivity contribution in [2.45, 2.75) is 108 Å². The van der Waals surface area contributed by atoms with E-state index in [2.05, 4.69) is 36.6 Å². The monoisotopic (exact) mass is 1120 g/mol. The number of amides is 5. The molecular weight excluding hydrogens is 1040 g/mol. The number of hydrogen-bond donors (Lipinski definition) is 5. The standard InChI is InChI=1S/C55H72N8O13S2/c1-34(76-53(68)56-8)50(65)62-49(54(2,3)4)52(67)63-31-37(28-44(63)51(66)61-40-15-13-35-11-9-10-12-38(35)40)60-48(64)32-74-24-23-72-20-19-71-21-22-73-25-26-75-45-30-42-39(29-47(45)78(69,70)55(5,6)7)41(17-18-57-42)59-36-14-16-46-43(27-36)58-33-77-46/h9-12,14,16-18,27,29-30,33-34,37,40,44,49H,13,15,19-26,28,31-32H2,1-8H3,(H,56,68)(H,57,59)(H,60,64)(H,61,66)(H,62,65)/t34?,37-,40+,44-,49?/m0/s1. The average Bonchev–Trinajstić information content (AvgIpc) is 4.28. The smallest absolute Gasteiger partial charge is 0.407 e. The molecule has 21 nitrogen and oxygen atoms in total. The van der Waals surface area contributed by atoms with Crippen molar-refractivity contribution in [1.82, 2.24) is 36.1 Å². The van der Waals surface area contributed by atoms with Crippen LogP contribution in [0.4, 0.5) is 16.2 Å². The van der Waals surface area contributed by atoms with Crippen LogP contribution in [-0.2, 0) is 59.1 Å². The van der Waals surface area contributed by atoms with Crippen LogP contribution in [0.15, 0.2) is 77.3 Å². The van der Waals surface area contributed by atoms with Gasteiger partial charge in [-0.25, -0.2) is 18.2 Å². The summed E-state index contributed by atoms with van der Waals surface area (Å²) >= 11 is 1.55. The molecule has 422 valence electrons. The molecule has 0 radical (unpaired) electrons. The molecule has 0 bridgehead atoms. The number of thiazole rings is 1. The predicted octanol–water partition coefficient (Wildman–Crippen LogP) is 5.77. The molecule has 2 unspecified atom stereocenters. The molecule has 1 fully saturated rings. The van der Waals surface area contributed by atoms with Gasteiger partial charge in [-0.15, -0.1) is 11.3 Å². The second-order valence-corrected chi connectivity index (χ2v) is 24.7. The number of pyridine rings is 1. The van der Waals surface area contributed by atoms with Gasteiger partial charge in [0, 0.05) is 48.7 Å². The number of likely N-dealkylation sites (tertiary alicyclic amines) is 1. The van der Waals surface area contributed by atoms with Gasteiger partial charge in [0.1, 0.15) is 35.9 Å². The Morgan fingerprint density at radius 1 is 0.821 bits per heavy atom. The number of sulfone groups is 1. The summed E-state index contributed by atoms with van der Waals surface area (Å²) in [5.41, 5.74) is 6.04. The Labute approximate surface area is 459 Å².